The summed E-state index contributed by atoms with van der Waals surface area (Å²) in [4.78, 5) is 11.5. The minimum absolute atomic E-state index is 0.0626. The van der Waals surface area contributed by atoms with Crippen LogP contribution in [0.1, 0.15) is 58.6 Å². The Hall–Kier alpha value is -1.55. The van der Waals surface area contributed by atoms with Gasteiger partial charge in [0.05, 0.1) is 22.7 Å². The summed E-state index contributed by atoms with van der Waals surface area (Å²) in [5.74, 6) is 0.514. The quantitative estimate of drug-likeness (QED) is 0.699. The van der Waals surface area contributed by atoms with E-state index in [0.29, 0.717) is 5.75 Å². The molecular weight excluding hydrogens is 357 g/mol. The molecule has 142 valence electrons. The van der Waals surface area contributed by atoms with Crippen LogP contribution in [0.4, 0.5) is 0 Å². The lowest BCUT2D eigenvalue weighted by atomic mass is 9.78. The summed E-state index contributed by atoms with van der Waals surface area (Å²) < 4.78 is 12.4. The van der Waals surface area contributed by atoms with Crippen molar-refractivity contribution in [1.29, 1.82) is 5.26 Å². The van der Waals surface area contributed by atoms with E-state index < -0.39 is 18.3 Å². The molecule has 4 nitrogen and oxygen atoms in total. The molecule has 2 fully saturated rings. The Balaban J connectivity index is 1.91. The Morgan fingerprint density at radius 2 is 1.89 bits per heavy atom. The Kier molecular flexibility index (Phi) is 5.33. The molecule has 0 amide bonds. The molecule has 0 aromatic heterocycles. The molecule has 1 aliphatic heterocycles. The molecule has 0 spiro atoms. The molecule has 1 aromatic carbocycles. The Bertz CT molecular complexity index is 805. The molecule has 1 heterocycles. The lowest BCUT2D eigenvalue weighted by Gasteiger charge is -2.32. The molecule has 1 saturated carbocycles. The predicted octanol–water partition coefficient (Wildman–Crippen LogP) is 4.54. The maximum Gasteiger partial charge on any atom is 0.491 e. The van der Waals surface area contributed by atoms with E-state index in [1.54, 1.807) is 6.92 Å². The molecule has 0 atom stereocenters. The third-order valence-electron chi connectivity index (χ3n) is 5.75. The summed E-state index contributed by atoms with van der Waals surface area (Å²) in [6, 6.07) is 10.5. The van der Waals surface area contributed by atoms with Gasteiger partial charge in [-0.15, -0.1) is 0 Å². The van der Waals surface area contributed by atoms with Crippen LogP contribution in [0.3, 0.4) is 0 Å². The van der Waals surface area contributed by atoms with Crippen LogP contribution in [0, 0.1) is 11.3 Å². The first-order chi connectivity index (χ1) is 12.6. The van der Waals surface area contributed by atoms with E-state index in [9.17, 15) is 10.1 Å². The van der Waals surface area contributed by atoms with Crippen LogP contribution >= 0.6 is 11.8 Å². The van der Waals surface area contributed by atoms with Crippen LogP contribution in [0.5, 0.6) is 0 Å². The number of carbonyl (C=O) groups excluding carboxylic acids is 1. The van der Waals surface area contributed by atoms with Gasteiger partial charge in [-0.1, -0.05) is 42.1 Å². The molecule has 2 aliphatic rings. The summed E-state index contributed by atoms with van der Waals surface area (Å²) in [6.07, 6.45) is 3.87. The predicted molar refractivity (Wildman–Crippen MR) is 110 cm³/mol. The minimum Gasteiger partial charge on any atom is -0.400 e. The van der Waals surface area contributed by atoms with E-state index in [2.05, 4.69) is 12.1 Å². The van der Waals surface area contributed by atoms with Gasteiger partial charge in [-0.2, -0.15) is 5.26 Å². The van der Waals surface area contributed by atoms with E-state index in [1.165, 1.54) is 11.8 Å². The second kappa shape index (κ2) is 7.12. The fourth-order valence-electron chi connectivity index (χ4n) is 3.09. The van der Waals surface area contributed by atoms with Crippen molar-refractivity contribution in [2.45, 2.75) is 64.1 Å². The molecule has 3 rings (SSSR count). The molecule has 1 aliphatic carbocycles. The number of rotatable bonds is 5. The number of nitrogens with zero attached hydrogens (tertiary/aromatic N) is 1. The summed E-state index contributed by atoms with van der Waals surface area (Å²) in [5.41, 5.74) is 1.81. The van der Waals surface area contributed by atoms with Gasteiger partial charge in [0.25, 0.3) is 0 Å². The summed E-state index contributed by atoms with van der Waals surface area (Å²) in [7, 11) is -0.489. The molecule has 0 unspecified atom stereocenters. The first-order valence-electron chi connectivity index (χ1n) is 9.30. The monoisotopic (exact) mass is 383 g/mol. The van der Waals surface area contributed by atoms with Crippen LogP contribution in [0.25, 0.3) is 6.08 Å². The van der Waals surface area contributed by atoms with Crippen LogP contribution in [0.2, 0.25) is 0 Å². The number of benzene rings is 1. The number of hydrogen-bond acceptors (Lipinski definition) is 5. The van der Waals surface area contributed by atoms with Crippen molar-refractivity contribution in [3.63, 3.8) is 0 Å². The maximum atomic E-state index is 11.5. The maximum absolute atomic E-state index is 11.5. The summed E-state index contributed by atoms with van der Waals surface area (Å²) in [6.45, 7) is 9.65. The standard InChI is InChI=1S/C21H26BNO3S/c1-15(24)27-13-18(22-25-19(2,3)20(4,5)26-22)12-16-7-6-8-17(11-16)21(14-23)9-10-21/h6-8,11-12H,9-10,13H2,1-5H3. The van der Waals surface area contributed by atoms with Gasteiger partial charge >= 0.3 is 7.12 Å². The zero-order valence-electron chi connectivity index (χ0n) is 16.7. The molecule has 0 radical (unpaired) electrons. The van der Waals surface area contributed by atoms with Crippen LogP contribution in [-0.2, 0) is 19.5 Å². The number of thioether (sulfide) groups is 1. The zero-order chi connectivity index (χ0) is 19.9. The third-order valence-corrected chi connectivity index (χ3v) is 6.64. The Morgan fingerprint density at radius 1 is 1.26 bits per heavy atom. The van der Waals surface area contributed by atoms with Crippen molar-refractivity contribution in [1.82, 2.24) is 0 Å². The van der Waals surface area contributed by atoms with Gasteiger partial charge in [-0.25, -0.2) is 0 Å². The van der Waals surface area contributed by atoms with Gasteiger partial charge in [0, 0.05) is 12.7 Å². The second-order valence-corrected chi connectivity index (χ2v) is 9.56. The number of nitriles is 1. The van der Waals surface area contributed by atoms with Gasteiger partial charge < -0.3 is 9.31 Å². The van der Waals surface area contributed by atoms with Gasteiger partial charge in [0.15, 0.2) is 5.12 Å². The Labute approximate surface area is 166 Å². The highest BCUT2D eigenvalue weighted by Gasteiger charge is 2.52. The molecule has 1 aromatic rings. The minimum atomic E-state index is -0.489. The van der Waals surface area contributed by atoms with E-state index in [-0.39, 0.29) is 10.5 Å². The molecule has 6 heteroatoms. The van der Waals surface area contributed by atoms with Crippen molar-refractivity contribution in [2.75, 3.05) is 5.75 Å². The highest BCUT2D eigenvalue weighted by molar-refractivity contribution is 8.13. The number of carbonyl (C=O) groups is 1. The highest BCUT2D eigenvalue weighted by atomic mass is 32.2. The van der Waals surface area contributed by atoms with Crippen LogP contribution < -0.4 is 0 Å². The van der Waals surface area contributed by atoms with Crippen LogP contribution in [0.15, 0.2) is 29.7 Å². The van der Waals surface area contributed by atoms with E-state index in [4.69, 9.17) is 9.31 Å². The van der Waals surface area contributed by atoms with Crippen molar-refractivity contribution < 1.29 is 14.1 Å². The summed E-state index contributed by atoms with van der Waals surface area (Å²) in [5, 5.41) is 9.53. The number of hydrogen-bond donors (Lipinski definition) is 0. The third kappa shape index (κ3) is 4.16. The average Bonchev–Trinajstić information content (AvgIpc) is 3.35. The molecule has 1 saturated heterocycles. The normalized spacial score (nSPS) is 22.4. The Morgan fingerprint density at radius 3 is 2.41 bits per heavy atom. The highest BCUT2D eigenvalue weighted by Crippen LogP contribution is 2.47. The average molecular weight is 383 g/mol. The fourth-order valence-corrected chi connectivity index (χ4v) is 3.68. The lowest BCUT2D eigenvalue weighted by Crippen LogP contribution is -2.41. The lowest BCUT2D eigenvalue weighted by molar-refractivity contribution is -0.109. The van der Waals surface area contributed by atoms with E-state index in [1.807, 2.05) is 52.0 Å². The first kappa shape index (κ1) is 20.2. The molecular formula is C21H26BNO3S. The second-order valence-electron chi connectivity index (χ2n) is 8.41. The fraction of sp³-hybridized carbons (Fsp3) is 0.524. The van der Waals surface area contributed by atoms with Gasteiger partial charge in [0.2, 0.25) is 0 Å². The van der Waals surface area contributed by atoms with Gasteiger partial charge in [-0.05, 0) is 57.1 Å². The topological polar surface area (TPSA) is 59.3 Å². The zero-order valence-corrected chi connectivity index (χ0v) is 17.5. The van der Waals surface area contributed by atoms with Crippen molar-refractivity contribution in [3.8, 4) is 6.07 Å². The summed E-state index contributed by atoms with van der Waals surface area (Å²) >= 11 is 1.25. The van der Waals surface area contributed by atoms with Crippen LogP contribution in [-0.4, -0.2) is 29.2 Å². The van der Waals surface area contributed by atoms with E-state index >= 15 is 0 Å². The molecule has 0 bridgehead atoms. The van der Waals surface area contributed by atoms with Gasteiger partial charge in [-0.3, -0.25) is 4.79 Å². The largest absolute Gasteiger partial charge is 0.491 e. The molecule has 27 heavy (non-hydrogen) atoms. The van der Waals surface area contributed by atoms with E-state index in [0.717, 1.165) is 29.4 Å². The molecule has 0 N–H and O–H groups in total. The van der Waals surface area contributed by atoms with Gasteiger partial charge in [0.1, 0.15) is 0 Å². The van der Waals surface area contributed by atoms with Crippen molar-refractivity contribution in [3.05, 3.63) is 40.9 Å². The SMILES string of the molecule is CC(=O)SCC(=Cc1cccc(C2(C#N)CC2)c1)B1OC(C)(C)C(C)(C)O1. The smallest absolute Gasteiger partial charge is 0.400 e. The van der Waals surface area contributed by atoms with Crippen molar-refractivity contribution >= 4 is 30.1 Å². The van der Waals surface area contributed by atoms with Crippen molar-refractivity contribution in [2.24, 2.45) is 0 Å². The first-order valence-corrected chi connectivity index (χ1v) is 10.3.